The summed E-state index contributed by atoms with van der Waals surface area (Å²) in [4.78, 5) is 48.2. The summed E-state index contributed by atoms with van der Waals surface area (Å²) in [6.07, 6.45) is 2.57. The van der Waals surface area contributed by atoms with Crippen molar-refractivity contribution in [3.8, 4) is 0 Å². The van der Waals surface area contributed by atoms with E-state index in [1.165, 1.54) is 17.3 Å². The van der Waals surface area contributed by atoms with E-state index in [0.29, 0.717) is 37.0 Å². The first kappa shape index (κ1) is 26.6. The molecule has 1 aliphatic rings. The maximum atomic E-state index is 13.3. The Bertz CT molecular complexity index is 1330. The van der Waals surface area contributed by atoms with Gasteiger partial charge in [-0.2, -0.15) is 5.10 Å². The molecular formula is C26H32N8O4. The van der Waals surface area contributed by atoms with E-state index in [0.717, 1.165) is 16.8 Å². The van der Waals surface area contributed by atoms with Crippen LogP contribution in [0.3, 0.4) is 0 Å². The number of carboxylic acids is 1. The Morgan fingerprint density at radius 3 is 2.37 bits per heavy atom. The van der Waals surface area contributed by atoms with Gasteiger partial charge in [0.1, 0.15) is 0 Å². The van der Waals surface area contributed by atoms with Crippen LogP contribution in [-0.4, -0.2) is 68.3 Å². The highest BCUT2D eigenvalue weighted by Crippen LogP contribution is 2.33. The van der Waals surface area contributed by atoms with Crippen molar-refractivity contribution >= 4 is 29.5 Å². The van der Waals surface area contributed by atoms with Gasteiger partial charge in [0.25, 0.3) is 5.91 Å². The van der Waals surface area contributed by atoms with Crippen LogP contribution in [0.15, 0.2) is 36.7 Å². The maximum absolute atomic E-state index is 13.3. The molecule has 0 radical (unpaired) electrons. The molecule has 0 saturated carbocycles. The molecule has 3 N–H and O–H groups in total. The number of urea groups is 1. The van der Waals surface area contributed by atoms with Gasteiger partial charge >= 0.3 is 12.0 Å². The molecule has 0 fully saturated rings. The number of benzene rings is 1. The van der Waals surface area contributed by atoms with Crippen molar-refractivity contribution in [2.45, 2.75) is 45.8 Å². The van der Waals surface area contributed by atoms with Crippen LogP contribution in [0.4, 0.5) is 16.4 Å². The standard InChI is InChI=1S/C26H32N8O4/c1-15(2)34-22-16(3)13-33(25-28-11-18(12-29-25)24(36)37)14-20(22)21(31-34)23(35)27-10-17-6-8-19(9-7-17)30-26(38)32(4)5/h6-9,11-12,15-16H,10,13-14H2,1-5H3,(H,27,35)(H,30,38)(H,36,37)/t16-/m0/s1. The van der Waals surface area contributed by atoms with Gasteiger partial charge in [-0.15, -0.1) is 0 Å². The second-order valence-electron chi connectivity index (χ2n) is 9.81. The molecule has 38 heavy (non-hydrogen) atoms. The average molecular weight is 521 g/mol. The number of nitrogens with zero attached hydrogens (tertiary/aromatic N) is 6. The molecule has 12 heteroatoms. The second kappa shape index (κ2) is 10.9. The summed E-state index contributed by atoms with van der Waals surface area (Å²) in [5.74, 6) is -0.932. The molecule has 200 valence electrons. The summed E-state index contributed by atoms with van der Waals surface area (Å²) in [5, 5.41) is 19.6. The molecule has 4 rings (SSSR count). The molecule has 1 aromatic carbocycles. The fourth-order valence-corrected chi connectivity index (χ4v) is 4.36. The predicted octanol–water partition coefficient (Wildman–Crippen LogP) is 3.10. The zero-order valence-corrected chi connectivity index (χ0v) is 22.1. The van der Waals surface area contributed by atoms with Crippen LogP contribution in [0.2, 0.25) is 0 Å². The molecule has 3 aromatic rings. The van der Waals surface area contributed by atoms with E-state index in [1.807, 2.05) is 35.6 Å². The SMILES string of the molecule is CC(C)n1nc(C(=O)NCc2ccc(NC(=O)N(C)C)cc2)c2c1[C@@H](C)CN(c1ncc(C(=O)O)cn1)C2. The lowest BCUT2D eigenvalue weighted by atomic mass is 9.95. The number of fused-ring (bicyclic) bond motifs is 1. The first-order valence-electron chi connectivity index (χ1n) is 12.3. The van der Waals surface area contributed by atoms with Gasteiger partial charge in [0, 0.05) is 68.5 Å². The molecule has 0 saturated heterocycles. The number of carbonyl (C=O) groups is 3. The fourth-order valence-electron chi connectivity index (χ4n) is 4.36. The smallest absolute Gasteiger partial charge is 0.338 e. The molecule has 0 bridgehead atoms. The highest BCUT2D eigenvalue weighted by molar-refractivity contribution is 5.94. The van der Waals surface area contributed by atoms with Crippen molar-refractivity contribution in [3.05, 3.63) is 64.7 Å². The van der Waals surface area contributed by atoms with Crippen molar-refractivity contribution in [2.24, 2.45) is 0 Å². The van der Waals surface area contributed by atoms with Crippen molar-refractivity contribution in [3.63, 3.8) is 0 Å². The van der Waals surface area contributed by atoms with E-state index < -0.39 is 5.97 Å². The van der Waals surface area contributed by atoms with Crippen molar-refractivity contribution in [2.75, 3.05) is 30.9 Å². The third-order valence-corrected chi connectivity index (χ3v) is 6.30. The molecule has 1 atom stereocenters. The molecule has 0 unspecified atom stereocenters. The number of carboxylic acid groups (broad SMARTS) is 1. The molecule has 3 heterocycles. The summed E-state index contributed by atoms with van der Waals surface area (Å²) in [5.41, 5.74) is 3.71. The van der Waals surface area contributed by atoms with Crippen LogP contribution in [0.25, 0.3) is 0 Å². The monoisotopic (exact) mass is 520 g/mol. The Kier molecular flexibility index (Phi) is 7.60. The first-order chi connectivity index (χ1) is 18.0. The van der Waals surface area contributed by atoms with E-state index in [1.54, 1.807) is 26.2 Å². The number of aromatic carboxylic acids is 1. The van der Waals surface area contributed by atoms with Crippen LogP contribution < -0.4 is 15.5 Å². The molecule has 0 spiro atoms. The van der Waals surface area contributed by atoms with Gasteiger partial charge < -0.3 is 25.5 Å². The van der Waals surface area contributed by atoms with Gasteiger partial charge in [-0.3, -0.25) is 9.48 Å². The summed E-state index contributed by atoms with van der Waals surface area (Å²) in [6.45, 7) is 7.40. The number of hydrogen-bond donors (Lipinski definition) is 3. The number of anilines is 2. The lowest BCUT2D eigenvalue weighted by Crippen LogP contribution is -2.36. The van der Waals surface area contributed by atoms with Crippen LogP contribution in [0.5, 0.6) is 0 Å². The summed E-state index contributed by atoms with van der Waals surface area (Å²) >= 11 is 0. The molecule has 12 nitrogen and oxygen atoms in total. The molecule has 3 amide bonds. The van der Waals surface area contributed by atoms with Crippen LogP contribution in [0.1, 0.15) is 70.4 Å². The highest BCUT2D eigenvalue weighted by atomic mass is 16.4. The van der Waals surface area contributed by atoms with Gasteiger partial charge in [0.2, 0.25) is 5.95 Å². The van der Waals surface area contributed by atoms with Gasteiger partial charge in [-0.1, -0.05) is 19.1 Å². The third kappa shape index (κ3) is 5.58. The number of carbonyl (C=O) groups excluding carboxylic acids is 2. The number of rotatable bonds is 7. The van der Waals surface area contributed by atoms with Crippen LogP contribution >= 0.6 is 0 Å². The number of nitrogens with one attached hydrogen (secondary N) is 2. The lowest BCUT2D eigenvalue weighted by Gasteiger charge is -2.32. The third-order valence-electron chi connectivity index (χ3n) is 6.30. The molecular weight excluding hydrogens is 488 g/mol. The first-order valence-corrected chi connectivity index (χ1v) is 12.3. The molecule has 2 aromatic heterocycles. The summed E-state index contributed by atoms with van der Waals surface area (Å²) < 4.78 is 1.91. The number of hydrogen-bond acceptors (Lipinski definition) is 7. The topological polar surface area (TPSA) is 146 Å². The minimum atomic E-state index is -1.09. The quantitative estimate of drug-likeness (QED) is 0.431. The Morgan fingerprint density at radius 2 is 1.79 bits per heavy atom. The van der Waals surface area contributed by atoms with E-state index in [4.69, 9.17) is 5.11 Å². The average Bonchev–Trinajstić information content (AvgIpc) is 3.29. The second-order valence-corrected chi connectivity index (χ2v) is 9.81. The van der Waals surface area contributed by atoms with Crippen LogP contribution in [-0.2, 0) is 13.1 Å². The van der Waals surface area contributed by atoms with Gasteiger partial charge in [0.05, 0.1) is 12.1 Å². The highest BCUT2D eigenvalue weighted by Gasteiger charge is 2.33. The zero-order valence-electron chi connectivity index (χ0n) is 22.1. The van der Waals surface area contributed by atoms with Gasteiger partial charge in [-0.05, 0) is 31.5 Å². The van der Waals surface area contributed by atoms with Crippen molar-refractivity contribution in [1.29, 1.82) is 0 Å². The van der Waals surface area contributed by atoms with Crippen molar-refractivity contribution < 1.29 is 19.5 Å². The predicted molar refractivity (Wildman–Crippen MR) is 141 cm³/mol. The van der Waals surface area contributed by atoms with E-state index in [9.17, 15) is 14.4 Å². The maximum Gasteiger partial charge on any atom is 0.338 e. The Labute approximate surface area is 220 Å². The Balaban J connectivity index is 1.52. The lowest BCUT2D eigenvalue weighted by molar-refractivity contribution is 0.0695. The molecule has 0 aliphatic carbocycles. The number of amides is 3. The summed E-state index contributed by atoms with van der Waals surface area (Å²) in [6, 6.07) is 7.10. The summed E-state index contributed by atoms with van der Waals surface area (Å²) in [7, 11) is 3.33. The van der Waals surface area contributed by atoms with Gasteiger partial charge in [0.15, 0.2) is 5.69 Å². The number of aromatic nitrogens is 4. The minimum Gasteiger partial charge on any atom is -0.478 e. The minimum absolute atomic E-state index is 0.0142. The van der Waals surface area contributed by atoms with E-state index >= 15 is 0 Å². The van der Waals surface area contributed by atoms with Gasteiger partial charge in [-0.25, -0.2) is 19.6 Å². The van der Waals surface area contributed by atoms with Crippen LogP contribution in [0, 0.1) is 0 Å². The molecule has 1 aliphatic heterocycles. The van der Waals surface area contributed by atoms with Crippen molar-refractivity contribution in [1.82, 2.24) is 30.0 Å². The van der Waals surface area contributed by atoms with E-state index in [-0.39, 0.29) is 29.5 Å². The fraction of sp³-hybridized carbons (Fsp3) is 0.385. The van der Waals surface area contributed by atoms with E-state index in [2.05, 4.69) is 32.6 Å². The zero-order chi connectivity index (χ0) is 27.6. The largest absolute Gasteiger partial charge is 0.478 e. The Hall–Kier alpha value is -4.48. The normalized spacial score (nSPS) is 14.7. The Morgan fingerprint density at radius 1 is 1.13 bits per heavy atom.